The minimum absolute atomic E-state index is 0.105. The maximum atomic E-state index is 12.6. The van der Waals surface area contributed by atoms with Gasteiger partial charge >= 0.3 is 0 Å². The van der Waals surface area contributed by atoms with Crippen LogP contribution in [0.5, 0.6) is 0 Å². The smallest absolute Gasteiger partial charge is 0.243 e. The highest BCUT2D eigenvalue weighted by Gasteiger charge is 2.33. The van der Waals surface area contributed by atoms with Gasteiger partial charge in [-0.25, -0.2) is 13.4 Å². The molecule has 0 aliphatic carbocycles. The Labute approximate surface area is 119 Å². The molecule has 1 aliphatic heterocycles. The van der Waals surface area contributed by atoms with Gasteiger partial charge in [0.2, 0.25) is 0 Å². The van der Waals surface area contributed by atoms with Crippen LogP contribution in [0, 0.1) is 0 Å². The number of pyridine rings is 1. The number of nitrogens with zero attached hydrogens (tertiary/aromatic N) is 2. The highest BCUT2D eigenvalue weighted by Crippen LogP contribution is 2.26. The lowest BCUT2D eigenvalue weighted by Crippen LogP contribution is -2.43. The van der Waals surface area contributed by atoms with E-state index >= 15 is 0 Å². The monoisotopic (exact) mass is 302 g/mol. The van der Waals surface area contributed by atoms with E-state index in [2.05, 4.69) is 4.98 Å². The second kappa shape index (κ2) is 6.20. The fourth-order valence-electron chi connectivity index (χ4n) is 2.46. The molecule has 1 aliphatic rings. The highest BCUT2D eigenvalue weighted by molar-refractivity contribution is 7.89. The quantitative estimate of drug-likeness (QED) is 0.804. The molecule has 6 heteroatoms. The number of halogens is 1. The number of aromatic nitrogens is 1. The van der Waals surface area contributed by atoms with Crippen LogP contribution in [0.25, 0.3) is 0 Å². The number of hydrogen-bond acceptors (Lipinski definition) is 3. The van der Waals surface area contributed by atoms with Gasteiger partial charge in [0.25, 0.3) is 10.0 Å². The van der Waals surface area contributed by atoms with Crippen LogP contribution in [0.1, 0.15) is 38.2 Å². The van der Waals surface area contributed by atoms with E-state index in [4.69, 9.17) is 11.6 Å². The molecule has 0 radical (unpaired) electrons. The molecule has 2 rings (SSSR count). The van der Waals surface area contributed by atoms with Crippen molar-refractivity contribution in [2.45, 2.75) is 49.6 Å². The third kappa shape index (κ3) is 3.09. The zero-order valence-corrected chi connectivity index (χ0v) is 12.6. The van der Waals surface area contributed by atoms with E-state index in [-0.39, 0.29) is 11.1 Å². The Balaban J connectivity index is 2.29. The van der Waals surface area contributed by atoms with Crippen LogP contribution in [0.4, 0.5) is 0 Å². The molecule has 19 heavy (non-hydrogen) atoms. The molecule has 0 amide bonds. The van der Waals surface area contributed by atoms with Crippen molar-refractivity contribution in [1.82, 2.24) is 9.29 Å². The molecule has 1 aromatic rings. The molecule has 0 bridgehead atoms. The zero-order valence-electron chi connectivity index (χ0n) is 11.0. The van der Waals surface area contributed by atoms with Crippen LogP contribution < -0.4 is 0 Å². The van der Waals surface area contributed by atoms with Gasteiger partial charge < -0.3 is 0 Å². The van der Waals surface area contributed by atoms with Gasteiger partial charge in [-0.15, -0.1) is 11.6 Å². The van der Waals surface area contributed by atoms with Crippen molar-refractivity contribution < 1.29 is 8.42 Å². The molecule has 106 valence electrons. The van der Waals surface area contributed by atoms with Crippen LogP contribution in [-0.2, 0) is 15.9 Å². The molecule has 1 aromatic heterocycles. The van der Waals surface area contributed by atoms with Crippen molar-refractivity contribution in [3.8, 4) is 0 Å². The van der Waals surface area contributed by atoms with Gasteiger partial charge in [0.15, 0.2) is 5.03 Å². The lowest BCUT2D eigenvalue weighted by Gasteiger charge is -2.33. The summed E-state index contributed by atoms with van der Waals surface area (Å²) in [5.74, 6) is 0.342. The first-order valence-corrected chi connectivity index (χ1v) is 8.59. The van der Waals surface area contributed by atoms with E-state index in [9.17, 15) is 8.42 Å². The summed E-state index contributed by atoms with van der Waals surface area (Å²) in [5.41, 5.74) is 0.825. The highest BCUT2D eigenvalue weighted by atomic mass is 35.5. The van der Waals surface area contributed by atoms with Gasteiger partial charge in [-0.3, -0.25) is 0 Å². The molecule has 2 heterocycles. The fourth-order valence-corrected chi connectivity index (χ4v) is 4.30. The summed E-state index contributed by atoms with van der Waals surface area (Å²) in [4.78, 5) is 4.05. The summed E-state index contributed by atoms with van der Waals surface area (Å²) in [5, 5.41) is 0.127. The van der Waals surface area contributed by atoms with Crippen LogP contribution in [-0.4, -0.2) is 30.3 Å². The van der Waals surface area contributed by atoms with Crippen molar-refractivity contribution in [3.63, 3.8) is 0 Å². The summed E-state index contributed by atoms with van der Waals surface area (Å²) in [6.45, 7) is 2.63. The molecule has 1 unspecified atom stereocenters. The topological polar surface area (TPSA) is 50.3 Å². The number of piperidine rings is 1. The normalized spacial score (nSPS) is 21.5. The summed E-state index contributed by atoms with van der Waals surface area (Å²) < 4.78 is 26.8. The summed E-state index contributed by atoms with van der Waals surface area (Å²) in [7, 11) is -3.47. The van der Waals surface area contributed by atoms with Gasteiger partial charge in [0.1, 0.15) is 0 Å². The Morgan fingerprint density at radius 1 is 1.42 bits per heavy atom. The van der Waals surface area contributed by atoms with Crippen molar-refractivity contribution >= 4 is 21.6 Å². The average Bonchev–Trinajstić information content (AvgIpc) is 2.47. The van der Waals surface area contributed by atoms with E-state index in [1.165, 1.54) is 6.20 Å². The van der Waals surface area contributed by atoms with Crippen LogP contribution in [0.3, 0.4) is 0 Å². The molecule has 1 atom stereocenters. The lowest BCUT2D eigenvalue weighted by atomic mass is 10.0. The maximum Gasteiger partial charge on any atom is 0.260 e. The molecular weight excluding hydrogens is 284 g/mol. The Bertz CT molecular complexity index is 516. The first-order chi connectivity index (χ1) is 9.09. The molecule has 1 saturated heterocycles. The lowest BCUT2D eigenvalue weighted by molar-refractivity contribution is 0.246. The fraction of sp³-hybridized carbons (Fsp3) is 0.615. The molecule has 0 saturated carbocycles. The van der Waals surface area contributed by atoms with Gasteiger partial charge in [-0.1, -0.05) is 19.4 Å². The van der Waals surface area contributed by atoms with Crippen LogP contribution in [0.2, 0.25) is 0 Å². The number of rotatable bonds is 4. The second-order valence-corrected chi connectivity index (χ2v) is 6.92. The first-order valence-electron chi connectivity index (χ1n) is 6.62. The third-order valence-corrected chi connectivity index (χ3v) is 5.75. The van der Waals surface area contributed by atoms with E-state index in [1.807, 2.05) is 6.92 Å². The van der Waals surface area contributed by atoms with E-state index in [1.54, 1.807) is 16.4 Å². The molecular formula is C13H19ClN2O2S. The van der Waals surface area contributed by atoms with Crippen molar-refractivity contribution in [1.29, 1.82) is 0 Å². The predicted molar refractivity (Wildman–Crippen MR) is 75.6 cm³/mol. The second-order valence-electron chi connectivity index (χ2n) is 4.81. The van der Waals surface area contributed by atoms with Gasteiger partial charge in [0, 0.05) is 24.7 Å². The molecule has 4 nitrogen and oxygen atoms in total. The first kappa shape index (κ1) is 14.8. The number of sulfonamides is 1. The van der Waals surface area contributed by atoms with Crippen molar-refractivity contribution in [2.24, 2.45) is 0 Å². The average molecular weight is 303 g/mol. The van der Waals surface area contributed by atoms with E-state index < -0.39 is 10.0 Å². The largest absolute Gasteiger partial charge is 0.260 e. The standard InChI is InChI=1S/C13H19ClN2O2S/c1-2-12-5-3-4-8-16(12)19(17,18)13-7-6-11(9-14)10-15-13/h6-7,10,12H,2-5,8-9H2,1H3. The van der Waals surface area contributed by atoms with Crippen LogP contribution >= 0.6 is 11.6 Å². The van der Waals surface area contributed by atoms with E-state index in [0.717, 1.165) is 31.2 Å². The molecule has 0 spiro atoms. The summed E-state index contributed by atoms with van der Waals surface area (Å²) in [6.07, 6.45) is 5.35. The van der Waals surface area contributed by atoms with E-state index in [0.29, 0.717) is 12.4 Å². The predicted octanol–water partition coefficient (Wildman–Crippen LogP) is 2.77. The Morgan fingerprint density at radius 2 is 2.21 bits per heavy atom. The third-order valence-electron chi connectivity index (χ3n) is 3.57. The minimum Gasteiger partial charge on any atom is -0.243 e. The number of hydrogen-bond donors (Lipinski definition) is 0. The maximum absolute atomic E-state index is 12.6. The minimum atomic E-state index is -3.47. The zero-order chi connectivity index (χ0) is 13.9. The number of alkyl halides is 1. The summed E-state index contributed by atoms with van der Waals surface area (Å²) in [6, 6.07) is 3.37. The molecule has 1 fully saturated rings. The van der Waals surface area contributed by atoms with Crippen molar-refractivity contribution in [3.05, 3.63) is 23.9 Å². The summed E-state index contributed by atoms with van der Waals surface area (Å²) >= 11 is 5.69. The SMILES string of the molecule is CCC1CCCCN1S(=O)(=O)c1ccc(CCl)cn1. The molecule has 0 N–H and O–H groups in total. The van der Waals surface area contributed by atoms with Crippen molar-refractivity contribution in [2.75, 3.05) is 6.54 Å². The Hall–Kier alpha value is -0.650. The van der Waals surface area contributed by atoms with Gasteiger partial charge in [-0.05, 0) is 30.9 Å². The Kier molecular flexibility index (Phi) is 4.81. The van der Waals surface area contributed by atoms with Gasteiger partial charge in [0.05, 0.1) is 0 Å². The Morgan fingerprint density at radius 3 is 2.79 bits per heavy atom. The van der Waals surface area contributed by atoms with Gasteiger partial charge in [-0.2, -0.15) is 4.31 Å². The van der Waals surface area contributed by atoms with Crippen LogP contribution in [0.15, 0.2) is 23.4 Å². The molecule has 0 aromatic carbocycles.